The third-order valence-electron chi connectivity index (χ3n) is 23.1. The zero-order valence-electron chi connectivity index (χ0n) is 73.8. The van der Waals surface area contributed by atoms with Crippen molar-refractivity contribution in [2.75, 3.05) is 143 Å². The average molecular weight is 1780 g/mol. The Kier molecular flexibility index (Phi) is 31.1. The second kappa shape index (κ2) is 41.6. The topological polar surface area (TPSA) is 250 Å². The van der Waals surface area contributed by atoms with E-state index < -0.39 is 5.60 Å². The maximum atomic E-state index is 11.6. The molecule has 8 aliphatic rings. The normalized spacial score (nSPS) is 18.8. The van der Waals surface area contributed by atoms with Gasteiger partial charge in [0.25, 0.3) is 0 Å². The minimum Gasteiger partial charge on any atom is -0.496 e. The fourth-order valence-corrected chi connectivity index (χ4v) is 16.5. The quantitative estimate of drug-likeness (QED) is 0.0784. The molecule has 4 atom stereocenters. The number of carbonyl (C=O) groups is 1. The van der Waals surface area contributed by atoms with Gasteiger partial charge in [0.05, 0.1) is 103 Å². The first-order valence-electron chi connectivity index (χ1n) is 42.6. The first kappa shape index (κ1) is 91.4. The van der Waals surface area contributed by atoms with Gasteiger partial charge in [-0.2, -0.15) is 0 Å². The number of fused-ring (bicyclic) bond motifs is 4. The number of hydrogen-bond acceptors (Lipinski definition) is 25. The molecule has 26 nitrogen and oxygen atoms in total. The molecule has 0 bridgehead atoms. The lowest BCUT2D eigenvalue weighted by atomic mass is 10.0. The largest absolute Gasteiger partial charge is 0.496 e. The van der Waals surface area contributed by atoms with Gasteiger partial charge < -0.3 is 81.9 Å². The van der Waals surface area contributed by atoms with Gasteiger partial charge in [-0.3, -0.25) is 0 Å². The minimum absolute atomic E-state index is 0. The lowest BCUT2D eigenvalue weighted by Crippen LogP contribution is -2.52. The molecule has 4 saturated heterocycles. The highest BCUT2D eigenvalue weighted by atomic mass is 79.9. The summed E-state index contributed by atoms with van der Waals surface area (Å²) in [7, 11) is 16.6. The highest BCUT2D eigenvalue weighted by Gasteiger charge is 2.36. The molecule has 8 heterocycles. The van der Waals surface area contributed by atoms with E-state index in [4.69, 9.17) is 93.6 Å². The smallest absolute Gasteiger partial charge is 0.410 e. The van der Waals surface area contributed by atoms with Crippen molar-refractivity contribution in [3.8, 4) is 57.5 Å². The Hall–Kier alpha value is -9.83. The van der Waals surface area contributed by atoms with Crippen molar-refractivity contribution in [3.05, 3.63) is 130 Å². The van der Waals surface area contributed by atoms with Gasteiger partial charge in [-0.1, -0.05) is 35.9 Å². The van der Waals surface area contributed by atoms with Crippen LogP contribution in [0.25, 0.3) is 43.6 Å². The first-order valence-corrected chi connectivity index (χ1v) is 43.7. The summed E-state index contributed by atoms with van der Waals surface area (Å²) >= 11 is 9.54. The Morgan fingerprint density at radius 1 is 0.402 bits per heavy atom. The van der Waals surface area contributed by atoms with Crippen molar-refractivity contribution in [1.82, 2.24) is 50.1 Å². The van der Waals surface area contributed by atoms with Crippen LogP contribution in [0.15, 0.2) is 102 Å². The highest BCUT2D eigenvalue weighted by Crippen LogP contribution is 2.48. The lowest BCUT2D eigenvalue weighted by Gasteiger charge is -2.42. The van der Waals surface area contributed by atoms with Crippen molar-refractivity contribution in [3.63, 3.8) is 0 Å². The van der Waals surface area contributed by atoms with E-state index >= 15 is 0 Å². The summed E-state index contributed by atoms with van der Waals surface area (Å²) in [6, 6.07) is 33.3. The van der Waals surface area contributed by atoms with Gasteiger partial charge in [0.15, 0.2) is 46.0 Å². The molecule has 4 unspecified atom stereocenters. The van der Waals surface area contributed by atoms with E-state index in [9.17, 15) is 4.79 Å². The number of anilines is 4. The molecule has 4 aromatic heterocycles. The highest BCUT2D eigenvalue weighted by molar-refractivity contribution is 9.10. The number of hydrogen-bond donors (Lipinski definition) is 1. The summed E-state index contributed by atoms with van der Waals surface area (Å²) in [5, 5.41) is 7.67. The Morgan fingerprint density at radius 2 is 0.754 bits per heavy atom. The van der Waals surface area contributed by atoms with Gasteiger partial charge in [0.2, 0.25) is 0 Å². The third kappa shape index (κ3) is 22.4. The SMILES string of the molecule is CC1CN(C(=O)OC(C)(C)C)CCN1.COc1cc2nc(C3CC3)nc(Cl)c2cc1OC.COc1cc2nc(C3CC3)nc(N3CCCCC3C)c2cc1OC.COc1cc2nc(C3CC3)nc(N3CCCCC3C)c2cc1OC.COc1cc2nc(C3CC3)nc(N3CCN(c4ccccc4OC)CC3C)c2cc1OC.COc1ccccc1Br.Cl. The monoisotopic (exact) mass is 1770 g/mol. The van der Waals surface area contributed by atoms with Gasteiger partial charge >= 0.3 is 6.09 Å². The van der Waals surface area contributed by atoms with Gasteiger partial charge in [0, 0.05) is 146 Å². The molecule has 122 heavy (non-hydrogen) atoms. The Morgan fingerprint density at radius 3 is 1.11 bits per heavy atom. The third-order valence-corrected chi connectivity index (χ3v) is 24.0. The second-order valence-electron chi connectivity index (χ2n) is 33.2. The number of para-hydroxylation sites is 3. The molecule has 656 valence electrons. The van der Waals surface area contributed by atoms with E-state index in [1.807, 2.05) is 106 Å². The number of benzene rings is 6. The zero-order valence-corrected chi connectivity index (χ0v) is 76.9. The number of ether oxygens (including phenoxy) is 11. The van der Waals surface area contributed by atoms with E-state index in [1.54, 1.807) is 76.0 Å². The van der Waals surface area contributed by atoms with Crippen molar-refractivity contribution >= 4 is 113 Å². The van der Waals surface area contributed by atoms with Crippen LogP contribution in [-0.4, -0.2) is 204 Å². The Bertz CT molecular complexity index is 5100. The second-order valence-corrected chi connectivity index (χ2v) is 34.4. The van der Waals surface area contributed by atoms with E-state index in [0.717, 1.165) is 207 Å². The predicted octanol–water partition coefficient (Wildman–Crippen LogP) is 19.3. The van der Waals surface area contributed by atoms with E-state index in [1.165, 1.54) is 64.2 Å². The summed E-state index contributed by atoms with van der Waals surface area (Å²) in [6.07, 6.45) is 16.7. The fourth-order valence-electron chi connectivity index (χ4n) is 15.8. The molecule has 4 saturated carbocycles. The van der Waals surface area contributed by atoms with Crippen LogP contribution in [0, 0.1) is 0 Å². The molecule has 1 N–H and O–H groups in total. The van der Waals surface area contributed by atoms with Gasteiger partial charge in [-0.15, -0.1) is 12.4 Å². The summed E-state index contributed by atoms with van der Waals surface area (Å²) in [4.78, 5) is 61.6. The molecule has 10 aromatic rings. The van der Waals surface area contributed by atoms with Crippen molar-refractivity contribution in [2.45, 2.75) is 192 Å². The molecular weight excluding hydrogens is 1660 g/mol. The number of aromatic nitrogens is 8. The van der Waals surface area contributed by atoms with E-state index in [0.29, 0.717) is 69.9 Å². The number of piperazine rings is 2. The maximum absolute atomic E-state index is 11.6. The van der Waals surface area contributed by atoms with Crippen LogP contribution in [0.2, 0.25) is 5.15 Å². The summed E-state index contributed by atoms with van der Waals surface area (Å²) in [6.45, 7) is 21.7. The van der Waals surface area contributed by atoms with Crippen LogP contribution >= 0.6 is 39.9 Å². The minimum atomic E-state index is -0.398. The summed E-state index contributed by atoms with van der Waals surface area (Å²) in [5.41, 5.74) is 4.36. The van der Waals surface area contributed by atoms with Gasteiger partial charge in [0.1, 0.15) is 63.0 Å². The van der Waals surface area contributed by atoms with E-state index in [2.05, 4.69) is 90.6 Å². The van der Waals surface area contributed by atoms with Gasteiger partial charge in [-0.05, 0) is 203 Å². The van der Waals surface area contributed by atoms with Crippen LogP contribution in [-0.2, 0) is 4.74 Å². The number of halogens is 3. The van der Waals surface area contributed by atoms with Crippen LogP contribution in [0.4, 0.5) is 27.9 Å². The zero-order chi connectivity index (χ0) is 85.8. The number of rotatable bonds is 18. The number of methoxy groups -OCH3 is 10. The predicted molar refractivity (Wildman–Crippen MR) is 490 cm³/mol. The molecule has 4 aliphatic carbocycles. The fraction of sp³-hybridized carbons (Fsp3) is 0.516. The molecule has 4 aliphatic heterocycles. The lowest BCUT2D eigenvalue weighted by molar-refractivity contribution is 0.0201. The molecule has 8 fully saturated rings. The van der Waals surface area contributed by atoms with Crippen molar-refractivity contribution in [1.29, 1.82) is 0 Å². The number of nitrogens with one attached hydrogen (secondary N) is 1. The summed E-state index contributed by atoms with van der Waals surface area (Å²) in [5.74, 6) is 16.3. The number of piperidine rings is 2. The van der Waals surface area contributed by atoms with Gasteiger partial charge in [-0.25, -0.2) is 44.7 Å². The molecule has 1 amide bonds. The number of nitrogens with zero attached hydrogens (tertiary/aromatic N) is 13. The number of amides is 1. The molecule has 0 radical (unpaired) electrons. The Balaban J connectivity index is 0.000000138. The van der Waals surface area contributed by atoms with E-state index in [-0.39, 0.29) is 24.5 Å². The molecule has 29 heteroatoms. The van der Waals surface area contributed by atoms with Crippen molar-refractivity contribution < 1.29 is 56.9 Å². The van der Waals surface area contributed by atoms with Crippen LogP contribution < -0.4 is 72.3 Å². The maximum Gasteiger partial charge on any atom is 0.410 e. The first-order chi connectivity index (χ1) is 58.5. The van der Waals surface area contributed by atoms with Crippen LogP contribution in [0.3, 0.4) is 0 Å². The average Bonchev–Trinajstić information content (AvgIpc) is 1.61. The van der Waals surface area contributed by atoms with Crippen LogP contribution in [0.1, 0.15) is 185 Å². The summed E-state index contributed by atoms with van der Waals surface area (Å²) < 4.78 is 60.5. The molecular formula is C93H121BrCl2N14O12. The standard InChI is InChI=1S/C25H30N4O3.2C19H25N3O2.C13H13ClN2O2.C10H20N2O2.C7H7BrO.ClH/c1-16-15-28(20-7-5-6-8-21(20)30-2)11-12-29(16)25-18-13-22(31-3)23(32-4)14-19(18)26-24(27-25)17-9-10-17;2*1-12-6-4-5-9-22(12)19-14-10-16(23-2)17(24-3)11-15(14)20-18(21-19)13-7-8-13;1-17-10-5-8-9(6-11(10)18-2)15-13(7-3-4-7)16-12(8)14;1-8-7-12(6-5-11-8)9(13)14-10(2,3)4;1-9-7-5-3-2-4-6(7)8;/h5-8,13-14,16-17H,9-12,15H2,1-4H3;2*10-13H,4-9H2,1-3H3;5-7H,3-4H2,1-2H3;8,11H,5-7H2,1-4H3;2-5H,1H3;1H. The van der Waals surface area contributed by atoms with Crippen LogP contribution in [0.5, 0.6) is 57.5 Å². The van der Waals surface area contributed by atoms with Crippen molar-refractivity contribution in [2.24, 2.45) is 0 Å². The molecule has 18 rings (SSSR count). The molecule has 6 aromatic carbocycles. The molecule has 0 spiro atoms. The Labute approximate surface area is 737 Å². The number of carbonyl (C=O) groups excluding carboxylic acids is 1.